The molecule has 106 valence electrons. The van der Waals surface area contributed by atoms with Crippen molar-refractivity contribution in [2.75, 3.05) is 6.61 Å². The minimum Gasteiger partial charge on any atom is -0.493 e. The summed E-state index contributed by atoms with van der Waals surface area (Å²) >= 11 is 5.91. The molecule has 1 aromatic carbocycles. The van der Waals surface area contributed by atoms with Gasteiger partial charge in [0.15, 0.2) is 5.78 Å². The number of alkyl halides is 1. The van der Waals surface area contributed by atoms with Gasteiger partial charge in [-0.3, -0.25) is 4.79 Å². The Morgan fingerprint density at radius 2 is 1.95 bits per heavy atom. The highest BCUT2D eigenvalue weighted by atomic mass is 35.5. The number of ether oxygens (including phenoxy) is 1. The van der Waals surface area contributed by atoms with Gasteiger partial charge in [-0.05, 0) is 49.4 Å². The molecule has 0 aromatic heterocycles. The van der Waals surface area contributed by atoms with Gasteiger partial charge in [-0.1, -0.05) is 20.8 Å². The summed E-state index contributed by atoms with van der Waals surface area (Å²) in [6.07, 6.45) is 0.968. The molecule has 0 saturated carbocycles. The second-order valence-corrected chi connectivity index (χ2v) is 5.84. The zero-order valence-electron chi connectivity index (χ0n) is 12.4. The smallest absolute Gasteiger partial charge is 0.180 e. The summed E-state index contributed by atoms with van der Waals surface area (Å²) in [6, 6.07) is 3.89. The van der Waals surface area contributed by atoms with E-state index in [0.29, 0.717) is 18.1 Å². The van der Waals surface area contributed by atoms with E-state index in [4.69, 9.17) is 16.3 Å². The largest absolute Gasteiger partial charge is 0.493 e. The summed E-state index contributed by atoms with van der Waals surface area (Å²) in [6.45, 7) is 10.6. The predicted octanol–water partition coefficient (Wildman–Crippen LogP) is 4.72. The van der Waals surface area contributed by atoms with Gasteiger partial charge in [0.05, 0.1) is 12.0 Å². The molecule has 0 aliphatic rings. The maximum absolute atomic E-state index is 12.1. The average molecular weight is 283 g/mol. The molecule has 0 heterocycles. The van der Waals surface area contributed by atoms with Gasteiger partial charge in [-0.15, -0.1) is 11.6 Å². The number of aryl methyl sites for hydroxylation is 1. The van der Waals surface area contributed by atoms with Gasteiger partial charge in [0.25, 0.3) is 0 Å². The second-order valence-electron chi connectivity index (χ2n) is 5.19. The van der Waals surface area contributed by atoms with Crippen LogP contribution < -0.4 is 4.74 Å². The van der Waals surface area contributed by atoms with Gasteiger partial charge in [0, 0.05) is 5.56 Å². The third kappa shape index (κ3) is 3.97. The number of hydrogen-bond donors (Lipinski definition) is 0. The quantitative estimate of drug-likeness (QED) is 0.557. The third-order valence-corrected chi connectivity index (χ3v) is 3.27. The fourth-order valence-electron chi connectivity index (χ4n) is 1.97. The highest BCUT2D eigenvalue weighted by molar-refractivity contribution is 6.33. The Bertz CT molecular complexity index is 450. The number of ketones is 1. The number of hydrogen-bond acceptors (Lipinski definition) is 2. The van der Waals surface area contributed by atoms with E-state index >= 15 is 0 Å². The highest BCUT2D eigenvalue weighted by Gasteiger charge is 2.19. The molecule has 2 nitrogen and oxygen atoms in total. The van der Waals surface area contributed by atoms with Crippen LogP contribution >= 0.6 is 11.6 Å². The molecule has 1 aromatic rings. The number of rotatable bonds is 6. The zero-order chi connectivity index (χ0) is 14.6. The van der Waals surface area contributed by atoms with Crippen LogP contribution in [0.5, 0.6) is 5.75 Å². The topological polar surface area (TPSA) is 26.3 Å². The summed E-state index contributed by atoms with van der Waals surface area (Å²) < 4.78 is 5.78. The molecular weight excluding hydrogens is 260 g/mol. The molecule has 0 radical (unpaired) electrons. The SMILES string of the molecule is CCCOc1cc(C)c(C(=O)C(C)Cl)cc1C(C)C. The summed E-state index contributed by atoms with van der Waals surface area (Å²) in [5.41, 5.74) is 2.70. The van der Waals surface area contributed by atoms with Crippen molar-refractivity contribution in [1.29, 1.82) is 0 Å². The van der Waals surface area contributed by atoms with Gasteiger partial charge >= 0.3 is 0 Å². The number of benzene rings is 1. The minimum atomic E-state index is -0.499. The van der Waals surface area contributed by atoms with Crippen molar-refractivity contribution in [3.8, 4) is 5.75 Å². The molecule has 0 bridgehead atoms. The first-order valence-corrected chi connectivity index (χ1v) is 7.27. The van der Waals surface area contributed by atoms with Crippen molar-refractivity contribution in [2.45, 2.75) is 52.3 Å². The van der Waals surface area contributed by atoms with Crippen molar-refractivity contribution in [3.63, 3.8) is 0 Å². The summed E-state index contributed by atoms with van der Waals surface area (Å²) in [7, 11) is 0. The van der Waals surface area contributed by atoms with Gasteiger partial charge in [-0.2, -0.15) is 0 Å². The molecule has 3 heteroatoms. The molecule has 1 atom stereocenters. The maximum Gasteiger partial charge on any atom is 0.180 e. The van der Waals surface area contributed by atoms with Crippen LogP contribution in [0.15, 0.2) is 12.1 Å². The first-order chi connectivity index (χ1) is 8.88. The fourth-order valence-corrected chi connectivity index (χ4v) is 2.08. The number of carbonyl (C=O) groups excluding carboxylic acids is 1. The third-order valence-electron chi connectivity index (χ3n) is 3.07. The molecule has 0 spiro atoms. The van der Waals surface area contributed by atoms with Crippen molar-refractivity contribution in [2.24, 2.45) is 0 Å². The van der Waals surface area contributed by atoms with Crippen LogP contribution in [0, 0.1) is 6.92 Å². The molecule has 0 aliphatic heterocycles. The molecular formula is C16H23ClO2. The Kier molecular flexibility index (Phi) is 5.86. The molecule has 0 aliphatic carbocycles. The lowest BCUT2D eigenvalue weighted by molar-refractivity contribution is 0.0991. The number of Topliss-reactive ketones (excluding diaryl/α,β-unsaturated/α-hetero) is 1. The Morgan fingerprint density at radius 1 is 1.32 bits per heavy atom. The second kappa shape index (κ2) is 6.95. The lowest BCUT2D eigenvalue weighted by Crippen LogP contribution is -2.13. The lowest BCUT2D eigenvalue weighted by atomic mass is 9.94. The van der Waals surface area contributed by atoms with Crippen LogP contribution in [0.4, 0.5) is 0 Å². The van der Waals surface area contributed by atoms with Gasteiger partial charge < -0.3 is 4.74 Å². The monoisotopic (exact) mass is 282 g/mol. The summed E-state index contributed by atoms with van der Waals surface area (Å²) in [5, 5.41) is -0.499. The minimum absolute atomic E-state index is 0.0249. The highest BCUT2D eigenvalue weighted by Crippen LogP contribution is 2.31. The van der Waals surface area contributed by atoms with Gasteiger partial charge in [0.2, 0.25) is 0 Å². The Hall–Kier alpha value is -1.02. The number of carbonyl (C=O) groups is 1. The van der Waals surface area contributed by atoms with Gasteiger partial charge in [0.1, 0.15) is 5.75 Å². The predicted molar refractivity (Wildman–Crippen MR) is 80.7 cm³/mol. The van der Waals surface area contributed by atoms with E-state index in [1.54, 1.807) is 6.92 Å². The van der Waals surface area contributed by atoms with E-state index in [1.807, 2.05) is 19.1 Å². The molecule has 0 amide bonds. The van der Waals surface area contributed by atoms with Crippen molar-refractivity contribution in [3.05, 3.63) is 28.8 Å². The van der Waals surface area contributed by atoms with Crippen molar-refractivity contribution in [1.82, 2.24) is 0 Å². The van der Waals surface area contributed by atoms with E-state index in [1.165, 1.54) is 0 Å². The summed E-state index contributed by atoms with van der Waals surface area (Å²) in [5.74, 6) is 1.17. The number of halogens is 1. The van der Waals surface area contributed by atoms with E-state index in [-0.39, 0.29) is 5.78 Å². The zero-order valence-corrected chi connectivity index (χ0v) is 13.2. The van der Waals surface area contributed by atoms with Crippen molar-refractivity contribution >= 4 is 17.4 Å². The first kappa shape index (κ1) is 16.0. The van der Waals surface area contributed by atoms with Crippen LogP contribution in [-0.2, 0) is 0 Å². The Morgan fingerprint density at radius 3 is 2.42 bits per heavy atom. The standard InChI is InChI=1S/C16H23ClO2/c1-6-7-19-15-8-11(4)14(16(18)12(5)17)9-13(15)10(2)3/h8-10,12H,6-7H2,1-5H3. The van der Waals surface area contributed by atoms with Crippen LogP contribution in [0.3, 0.4) is 0 Å². The van der Waals surface area contributed by atoms with Gasteiger partial charge in [-0.25, -0.2) is 0 Å². The van der Waals surface area contributed by atoms with Crippen LogP contribution in [0.25, 0.3) is 0 Å². The molecule has 1 rings (SSSR count). The molecule has 0 fully saturated rings. The van der Waals surface area contributed by atoms with E-state index < -0.39 is 5.38 Å². The van der Waals surface area contributed by atoms with E-state index in [0.717, 1.165) is 23.3 Å². The summed E-state index contributed by atoms with van der Waals surface area (Å²) in [4.78, 5) is 12.1. The van der Waals surface area contributed by atoms with Crippen LogP contribution in [-0.4, -0.2) is 17.8 Å². The Labute approximate surface area is 121 Å². The molecule has 0 saturated heterocycles. The van der Waals surface area contributed by atoms with Crippen LogP contribution in [0.2, 0.25) is 0 Å². The van der Waals surface area contributed by atoms with Crippen molar-refractivity contribution < 1.29 is 9.53 Å². The molecule has 19 heavy (non-hydrogen) atoms. The molecule has 1 unspecified atom stereocenters. The normalized spacial score (nSPS) is 12.6. The average Bonchev–Trinajstić information content (AvgIpc) is 2.34. The van der Waals surface area contributed by atoms with E-state index in [2.05, 4.69) is 20.8 Å². The lowest BCUT2D eigenvalue weighted by Gasteiger charge is -2.17. The van der Waals surface area contributed by atoms with Crippen LogP contribution in [0.1, 0.15) is 61.5 Å². The molecule has 0 N–H and O–H groups in total. The fraction of sp³-hybridized carbons (Fsp3) is 0.562. The first-order valence-electron chi connectivity index (χ1n) is 6.84. The van der Waals surface area contributed by atoms with E-state index in [9.17, 15) is 4.79 Å². The maximum atomic E-state index is 12.1. The Balaban J connectivity index is 3.24.